The lowest BCUT2D eigenvalue weighted by molar-refractivity contribution is -0.128. The fourth-order valence-electron chi connectivity index (χ4n) is 2.79. The van der Waals surface area contributed by atoms with Gasteiger partial charge in [0.15, 0.2) is 0 Å². The van der Waals surface area contributed by atoms with Crippen molar-refractivity contribution in [1.82, 2.24) is 9.62 Å². The summed E-state index contributed by atoms with van der Waals surface area (Å²) in [4.78, 5) is 14.4. The molecule has 0 bridgehead atoms. The summed E-state index contributed by atoms with van der Waals surface area (Å²) in [5, 5.41) is 1.54. The van der Waals surface area contributed by atoms with Crippen molar-refractivity contribution in [2.45, 2.75) is 32.7 Å². The minimum absolute atomic E-state index is 0.0376. The summed E-state index contributed by atoms with van der Waals surface area (Å²) in [6.45, 7) is 8.08. The molecule has 0 saturated carbocycles. The van der Waals surface area contributed by atoms with Crippen molar-refractivity contribution in [2.24, 2.45) is 0 Å². The smallest absolute Gasteiger partial charge is 0.249 e. The Morgan fingerprint density at radius 1 is 1.36 bits per heavy atom. The van der Waals surface area contributed by atoms with Crippen LogP contribution in [0.25, 0.3) is 6.08 Å². The van der Waals surface area contributed by atoms with E-state index in [1.54, 1.807) is 11.8 Å². The molecule has 1 heterocycles. The van der Waals surface area contributed by atoms with Crippen LogP contribution in [0.5, 0.6) is 0 Å². The normalized spacial score (nSPS) is 16.8. The van der Waals surface area contributed by atoms with Crippen molar-refractivity contribution in [3.05, 3.63) is 51.9 Å². The van der Waals surface area contributed by atoms with Gasteiger partial charge in [0.05, 0.1) is 0 Å². The highest BCUT2D eigenvalue weighted by Gasteiger charge is 2.25. The molecular weight excluding hydrogens is 360 g/mol. The predicted molar refractivity (Wildman–Crippen MR) is 102 cm³/mol. The molecule has 1 amide bonds. The van der Waals surface area contributed by atoms with Crippen molar-refractivity contribution in [1.29, 1.82) is 0 Å². The summed E-state index contributed by atoms with van der Waals surface area (Å²) in [6, 6.07) is 5.42. The molecule has 2 rings (SSSR count). The molecule has 0 spiro atoms. The van der Waals surface area contributed by atoms with Gasteiger partial charge < -0.3 is 4.90 Å². The fourth-order valence-corrected chi connectivity index (χ4v) is 3.77. The highest BCUT2D eigenvalue weighted by Crippen LogP contribution is 2.20. The number of carbonyl (C=O) groups is 1. The number of hydrogen-bond donors (Lipinski definition) is 1. The van der Waals surface area contributed by atoms with Crippen LogP contribution in [0.1, 0.15) is 30.9 Å². The van der Waals surface area contributed by atoms with Gasteiger partial charge in [-0.2, -0.15) is 0 Å². The number of carbonyl (C=O) groups excluding carboxylic acids is 1. The molecule has 5 nitrogen and oxygen atoms in total. The first-order valence-corrected chi connectivity index (χ1v) is 10.0. The molecule has 0 atom stereocenters. The van der Waals surface area contributed by atoms with Crippen LogP contribution >= 0.6 is 11.6 Å². The summed E-state index contributed by atoms with van der Waals surface area (Å²) < 4.78 is 25.6. The maximum absolute atomic E-state index is 12.6. The first-order chi connectivity index (χ1) is 11.7. The van der Waals surface area contributed by atoms with Gasteiger partial charge in [0.2, 0.25) is 15.9 Å². The zero-order chi connectivity index (χ0) is 18.6. The van der Waals surface area contributed by atoms with Crippen LogP contribution < -0.4 is 4.72 Å². The zero-order valence-corrected chi connectivity index (χ0v) is 16.0. The Morgan fingerprint density at radius 3 is 2.60 bits per heavy atom. The molecule has 1 aliphatic rings. The summed E-state index contributed by atoms with van der Waals surface area (Å²) in [6.07, 6.45) is 3.01. The van der Waals surface area contributed by atoms with Crippen LogP contribution in [-0.2, 0) is 14.8 Å². The van der Waals surface area contributed by atoms with Crippen LogP contribution in [0.3, 0.4) is 0 Å². The van der Waals surface area contributed by atoms with Crippen molar-refractivity contribution in [2.75, 3.05) is 13.1 Å². The van der Waals surface area contributed by atoms with E-state index < -0.39 is 10.0 Å². The molecule has 1 aliphatic heterocycles. The number of benzene rings is 1. The van der Waals surface area contributed by atoms with E-state index in [1.165, 1.54) is 0 Å². The van der Waals surface area contributed by atoms with E-state index in [2.05, 4.69) is 11.3 Å². The number of nitrogens with zero attached hydrogens (tertiary/aromatic N) is 1. The average Bonchev–Trinajstić information content (AvgIpc) is 2.58. The maximum atomic E-state index is 12.6. The second kappa shape index (κ2) is 8.17. The Morgan fingerprint density at radius 2 is 2.00 bits per heavy atom. The number of hydrogen-bond acceptors (Lipinski definition) is 3. The Bertz CT molecular complexity index is 795. The highest BCUT2D eigenvalue weighted by atomic mass is 35.5. The Kier molecular flexibility index (Phi) is 6.43. The number of likely N-dealkylation sites (tertiary alicyclic amines) is 1. The second-order valence-electron chi connectivity index (χ2n) is 6.22. The third kappa shape index (κ3) is 5.42. The molecule has 25 heavy (non-hydrogen) atoms. The minimum atomic E-state index is -3.44. The van der Waals surface area contributed by atoms with Crippen molar-refractivity contribution < 1.29 is 13.2 Å². The van der Waals surface area contributed by atoms with E-state index in [0.717, 1.165) is 16.5 Å². The third-order valence-electron chi connectivity index (χ3n) is 4.28. The maximum Gasteiger partial charge on any atom is 0.249 e. The summed E-state index contributed by atoms with van der Waals surface area (Å²) in [7, 11) is -3.44. The van der Waals surface area contributed by atoms with Gasteiger partial charge in [-0.1, -0.05) is 24.2 Å². The molecule has 1 N–H and O–H groups in total. The molecule has 0 aliphatic carbocycles. The van der Waals surface area contributed by atoms with Gasteiger partial charge in [-0.05, 0) is 56.0 Å². The summed E-state index contributed by atoms with van der Waals surface area (Å²) in [5.74, 6) is -0.0376. The number of amides is 1. The molecule has 7 heteroatoms. The monoisotopic (exact) mass is 382 g/mol. The van der Waals surface area contributed by atoms with Gasteiger partial charge in [-0.3, -0.25) is 4.79 Å². The van der Waals surface area contributed by atoms with Gasteiger partial charge >= 0.3 is 0 Å². The highest BCUT2D eigenvalue weighted by molar-refractivity contribution is 7.92. The second-order valence-corrected chi connectivity index (χ2v) is 8.32. The van der Waals surface area contributed by atoms with Crippen molar-refractivity contribution >= 4 is 33.6 Å². The molecular formula is C18H23ClN2O3S. The number of halogens is 1. The first-order valence-electron chi connectivity index (χ1n) is 8.10. The molecule has 0 unspecified atom stereocenters. The Balaban J connectivity index is 2.01. The van der Waals surface area contributed by atoms with Crippen LogP contribution in [-0.4, -0.2) is 38.4 Å². The lowest BCUT2D eigenvalue weighted by Crippen LogP contribution is -2.46. The summed E-state index contributed by atoms with van der Waals surface area (Å²) >= 11 is 6.02. The zero-order valence-electron chi connectivity index (χ0n) is 14.5. The van der Waals surface area contributed by atoms with Gasteiger partial charge in [0.25, 0.3) is 0 Å². The SMILES string of the molecule is C=CS(=O)(=O)NC1CCN(C(=O)/C(C)=C/c2cc(Cl)ccc2C)CC1. The minimum Gasteiger partial charge on any atom is -0.339 e. The standard InChI is InChI=1S/C18H23ClN2O3S/c1-4-25(23,24)20-17-7-9-21(10-8-17)18(22)14(3)11-15-12-16(19)6-5-13(15)2/h4-6,11-12,17,20H,1,7-10H2,2-3H3/b14-11+. The molecule has 136 valence electrons. The lowest BCUT2D eigenvalue weighted by atomic mass is 10.0. The van der Waals surface area contributed by atoms with E-state index in [-0.39, 0.29) is 11.9 Å². The molecule has 1 fully saturated rings. The lowest BCUT2D eigenvalue weighted by Gasteiger charge is -2.32. The predicted octanol–water partition coefficient (Wildman–Crippen LogP) is 3.11. The molecule has 1 saturated heterocycles. The average molecular weight is 383 g/mol. The quantitative estimate of drug-likeness (QED) is 0.795. The van der Waals surface area contributed by atoms with Crippen LogP contribution in [0.4, 0.5) is 0 Å². The molecule has 1 aromatic carbocycles. The summed E-state index contributed by atoms with van der Waals surface area (Å²) in [5.41, 5.74) is 2.61. The van der Waals surface area contributed by atoms with Crippen molar-refractivity contribution in [3.8, 4) is 0 Å². The molecule has 0 aromatic heterocycles. The number of piperidine rings is 1. The largest absolute Gasteiger partial charge is 0.339 e. The Hall–Kier alpha value is -1.63. The molecule has 1 aromatic rings. The number of rotatable bonds is 5. The molecule has 0 radical (unpaired) electrons. The fraction of sp³-hybridized carbons (Fsp3) is 0.389. The van der Waals surface area contributed by atoms with Gasteiger partial charge in [-0.15, -0.1) is 0 Å². The van der Waals surface area contributed by atoms with Gasteiger partial charge in [0, 0.05) is 35.1 Å². The van der Waals surface area contributed by atoms with Crippen molar-refractivity contribution in [3.63, 3.8) is 0 Å². The van der Waals surface area contributed by atoms with Crippen LogP contribution in [0.15, 0.2) is 35.8 Å². The van der Waals surface area contributed by atoms with E-state index in [0.29, 0.717) is 36.5 Å². The van der Waals surface area contributed by atoms with E-state index in [1.807, 2.05) is 31.2 Å². The van der Waals surface area contributed by atoms with Gasteiger partial charge in [-0.25, -0.2) is 13.1 Å². The third-order valence-corrected chi connectivity index (χ3v) is 5.62. The number of nitrogens with one attached hydrogen (secondary N) is 1. The van der Waals surface area contributed by atoms with Crippen LogP contribution in [0, 0.1) is 6.92 Å². The van der Waals surface area contributed by atoms with Gasteiger partial charge in [0.1, 0.15) is 0 Å². The van der Waals surface area contributed by atoms with E-state index in [4.69, 9.17) is 11.6 Å². The Labute approximate surface area is 154 Å². The number of sulfonamides is 1. The topological polar surface area (TPSA) is 66.5 Å². The van der Waals surface area contributed by atoms with E-state index in [9.17, 15) is 13.2 Å². The number of aryl methyl sites for hydroxylation is 1. The first kappa shape index (κ1) is 19.7. The van der Waals surface area contributed by atoms with E-state index >= 15 is 0 Å². The van der Waals surface area contributed by atoms with Crippen LogP contribution in [0.2, 0.25) is 5.02 Å².